The van der Waals surface area contributed by atoms with E-state index < -0.39 is 0 Å². The fraction of sp³-hybridized carbons (Fsp3) is 0.406. The molecule has 1 aliphatic heterocycles. The van der Waals surface area contributed by atoms with E-state index in [4.69, 9.17) is 9.47 Å². The van der Waals surface area contributed by atoms with Crippen LogP contribution in [-0.4, -0.2) is 54.5 Å². The average Bonchev–Trinajstić information content (AvgIpc) is 3.12. The van der Waals surface area contributed by atoms with E-state index in [-0.39, 0.29) is 12.8 Å². The molecule has 2 aromatic carbocycles. The van der Waals surface area contributed by atoms with Crippen molar-refractivity contribution < 1.29 is 19.0 Å². The maximum absolute atomic E-state index is 12.5. The minimum Gasteiger partial charge on any atom is -0.508 e. The Morgan fingerprint density at radius 3 is 2.53 bits per heavy atom. The number of piperidine rings is 1. The first-order chi connectivity index (χ1) is 18.6. The van der Waals surface area contributed by atoms with Gasteiger partial charge >= 0.3 is 0 Å². The first-order valence-electron chi connectivity index (χ1n) is 13.7. The zero-order valence-electron chi connectivity index (χ0n) is 22.4. The number of benzene rings is 2. The second kappa shape index (κ2) is 12.0. The van der Waals surface area contributed by atoms with E-state index in [9.17, 15) is 9.50 Å². The van der Waals surface area contributed by atoms with Gasteiger partial charge in [-0.3, -0.25) is 4.39 Å². The predicted molar refractivity (Wildman–Crippen MR) is 150 cm³/mol. The van der Waals surface area contributed by atoms with Gasteiger partial charge in [0, 0.05) is 31.9 Å². The maximum Gasteiger partial charge on any atom is 0.213 e. The minimum atomic E-state index is -0.249. The topological polar surface area (TPSA) is 54.8 Å². The van der Waals surface area contributed by atoms with E-state index >= 15 is 0 Å². The third-order valence-corrected chi connectivity index (χ3v) is 7.74. The number of aryl methyl sites for hydroxylation is 2. The summed E-state index contributed by atoms with van der Waals surface area (Å²) in [4.78, 5) is 6.85. The van der Waals surface area contributed by atoms with Crippen LogP contribution in [0.15, 0.2) is 54.7 Å². The van der Waals surface area contributed by atoms with Gasteiger partial charge in [-0.2, -0.15) is 0 Å². The van der Waals surface area contributed by atoms with Gasteiger partial charge in [-0.15, -0.1) is 0 Å². The van der Waals surface area contributed by atoms with Gasteiger partial charge in [0.25, 0.3) is 0 Å². The van der Waals surface area contributed by atoms with Crippen molar-refractivity contribution in [3.05, 3.63) is 82.5 Å². The Labute approximate surface area is 224 Å². The number of rotatable bonds is 8. The second-order valence-corrected chi connectivity index (χ2v) is 10.3. The number of methoxy groups -OCH3 is 1. The molecule has 38 heavy (non-hydrogen) atoms. The molecule has 1 N–H and O–H groups in total. The monoisotopic (exact) mass is 516 g/mol. The number of allylic oxidation sites excluding steroid dienone is 1. The van der Waals surface area contributed by atoms with Crippen LogP contribution in [-0.2, 0) is 6.42 Å². The Hall–Kier alpha value is -3.38. The van der Waals surface area contributed by atoms with E-state index in [2.05, 4.69) is 41.1 Å². The number of ether oxygens (including phenoxy) is 2. The predicted octanol–water partition coefficient (Wildman–Crippen LogP) is 6.60. The van der Waals surface area contributed by atoms with Gasteiger partial charge in [-0.05, 0) is 109 Å². The Balaban J connectivity index is 1.45. The van der Waals surface area contributed by atoms with Crippen molar-refractivity contribution in [2.75, 3.05) is 33.4 Å². The van der Waals surface area contributed by atoms with Crippen molar-refractivity contribution in [1.29, 1.82) is 0 Å². The Morgan fingerprint density at radius 2 is 1.82 bits per heavy atom. The number of aromatic nitrogens is 1. The van der Waals surface area contributed by atoms with Crippen molar-refractivity contribution in [1.82, 2.24) is 9.88 Å². The molecule has 0 saturated carbocycles. The zero-order chi connectivity index (χ0) is 26.5. The number of halogens is 1. The van der Waals surface area contributed by atoms with E-state index in [1.807, 2.05) is 24.4 Å². The number of aromatic hydroxyl groups is 1. The summed E-state index contributed by atoms with van der Waals surface area (Å²) in [6.45, 7) is 4.60. The number of nitrogens with zero attached hydrogens (tertiary/aromatic N) is 2. The van der Waals surface area contributed by atoms with Crippen LogP contribution in [0.4, 0.5) is 4.39 Å². The van der Waals surface area contributed by atoms with E-state index in [0.29, 0.717) is 18.1 Å². The zero-order valence-corrected chi connectivity index (χ0v) is 22.4. The first-order valence-corrected chi connectivity index (χ1v) is 13.7. The Morgan fingerprint density at radius 1 is 1.03 bits per heavy atom. The summed E-state index contributed by atoms with van der Waals surface area (Å²) in [5.74, 6) is 1.79. The molecule has 0 spiro atoms. The van der Waals surface area contributed by atoms with Crippen LogP contribution in [0.1, 0.15) is 59.9 Å². The fourth-order valence-corrected chi connectivity index (χ4v) is 5.76. The van der Waals surface area contributed by atoms with Crippen LogP contribution in [0.2, 0.25) is 0 Å². The maximum atomic E-state index is 12.5. The standard InChI is InChI=1S/C32H37FN2O3/c1-22-19-31(37-2)34-21-30(22)29-6-3-5-24-20-25(36)9-12-28(24)32(29)23-7-10-26(11-8-23)38-27-13-17-35(18-14-27)16-4-15-33/h7-12,19-21,27,36H,3-6,13-18H2,1-2H3. The lowest BCUT2D eigenvalue weighted by molar-refractivity contribution is 0.0988. The summed E-state index contributed by atoms with van der Waals surface area (Å²) in [7, 11) is 1.64. The van der Waals surface area contributed by atoms with Crippen LogP contribution in [0.3, 0.4) is 0 Å². The Kier molecular flexibility index (Phi) is 8.28. The smallest absolute Gasteiger partial charge is 0.213 e. The molecular weight excluding hydrogens is 479 g/mol. The molecule has 0 bridgehead atoms. The number of hydrogen-bond acceptors (Lipinski definition) is 5. The number of pyridine rings is 1. The molecule has 1 aromatic heterocycles. The highest BCUT2D eigenvalue weighted by Crippen LogP contribution is 2.42. The normalized spacial score (nSPS) is 16.7. The van der Waals surface area contributed by atoms with Crippen molar-refractivity contribution in [2.45, 2.75) is 51.6 Å². The SMILES string of the molecule is COc1cc(C)c(C2=C(c3ccc(OC4CCN(CCCF)CC4)cc3)c3ccc(O)cc3CCC2)cn1. The molecule has 1 saturated heterocycles. The second-order valence-electron chi connectivity index (χ2n) is 10.3. The molecule has 0 atom stereocenters. The molecule has 1 fully saturated rings. The molecule has 2 aliphatic rings. The summed E-state index contributed by atoms with van der Waals surface area (Å²) in [6.07, 6.45) is 7.46. The lowest BCUT2D eigenvalue weighted by Gasteiger charge is -2.32. The molecule has 3 aromatic rings. The summed E-state index contributed by atoms with van der Waals surface area (Å²) in [5, 5.41) is 10.2. The number of alkyl halides is 1. The quantitative estimate of drug-likeness (QED) is 0.365. The highest BCUT2D eigenvalue weighted by molar-refractivity contribution is 6.00. The minimum absolute atomic E-state index is 0.187. The van der Waals surface area contributed by atoms with Gasteiger partial charge < -0.3 is 19.5 Å². The molecule has 200 valence electrons. The summed E-state index contributed by atoms with van der Waals surface area (Å²) in [5.41, 5.74) is 8.13. The number of likely N-dealkylation sites (tertiary alicyclic amines) is 1. The molecule has 5 nitrogen and oxygen atoms in total. The van der Waals surface area contributed by atoms with Crippen LogP contribution in [0.25, 0.3) is 11.1 Å². The first kappa shape index (κ1) is 26.2. The van der Waals surface area contributed by atoms with Crippen LogP contribution >= 0.6 is 0 Å². The lowest BCUT2D eigenvalue weighted by atomic mass is 9.87. The van der Waals surface area contributed by atoms with Crippen molar-refractivity contribution in [3.8, 4) is 17.4 Å². The molecule has 0 radical (unpaired) electrons. The van der Waals surface area contributed by atoms with Gasteiger partial charge in [-0.1, -0.05) is 18.2 Å². The summed E-state index contributed by atoms with van der Waals surface area (Å²) < 4.78 is 24.2. The van der Waals surface area contributed by atoms with Gasteiger partial charge in [0.05, 0.1) is 13.8 Å². The molecule has 6 heteroatoms. The van der Waals surface area contributed by atoms with E-state index in [1.165, 1.54) is 11.1 Å². The fourth-order valence-electron chi connectivity index (χ4n) is 5.76. The third kappa shape index (κ3) is 5.86. The van der Waals surface area contributed by atoms with Crippen LogP contribution in [0.5, 0.6) is 17.4 Å². The van der Waals surface area contributed by atoms with Crippen molar-refractivity contribution in [2.24, 2.45) is 0 Å². The van der Waals surface area contributed by atoms with Gasteiger partial charge in [0.1, 0.15) is 17.6 Å². The Bertz CT molecular complexity index is 1280. The van der Waals surface area contributed by atoms with Gasteiger partial charge in [0.15, 0.2) is 0 Å². The highest BCUT2D eigenvalue weighted by Gasteiger charge is 2.23. The molecule has 0 amide bonds. The average molecular weight is 517 g/mol. The van der Waals surface area contributed by atoms with Crippen molar-refractivity contribution in [3.63, 3.8) is 0 Å². The summed E-state index contributed by atoms with van der Waals surface area (Å²) in [6, 6.07) is 16.1. The molecule has 2 heterocycles. The molecule has 1 aliphatic carbocycles. The number of phenolic OH excluding ortho intramolecular Hbond substituents is 1. The van der Waals surface area contributed by atoms with E-state index in [1.54, 1.807) is 13.2 Å². The van der Waals surface area contributed by atoms with Crippen LogP contribution in [0, 0.1) is 6.92 Å². The molecule has 5 rings (SSSR count). The largest absolute Gasteiger partial charge is 0.508 e. The number of hydrogen-bond donors (Lipinski definition) is 1. The molecular formula is C32H37FN2O3. The van der Waals surface area contributed by atoms with E-state index in [0.717, 1.165) is 85.3 Å². The van der Waals surface area contributed by atoms with Crippen molar-refractivity contribution >= 4 is 11.1 Å². The third-order valence-electron chi connectivity index (χ3n) is 7.74. The van der Waals surface area contributed by atoms with Gasteiger partial charge in [-0.25, -0.2) is 4.98 Å². The molecule has 0 unspecified atom stereocenters. The number of fused-ring (bicyclic) bond motifs is 1. The number of phenols is 1. The highest BCUT2D eigenvalue weighted by atomic mass is 19.1. The summed E-state index contributed by atoms with van der Waals surface area (Å²) >= 11 is 0. The van der Waals surface area contributed by atoms with Gasteiger partial charge in [0.2, 0.25) is 5.88 Å². The van der Waals surface area contributed by atoms with Crippen LogP contribution < -0.4 is 9.47 Å². The lowest BCUT2D eigenvalue weighted by Crippen LogP contribution is -2.38.